The summed E-state index contributed by atoms with van der Waals surface area (Å²) in [4.78, 5) is 16.1. The average molecular weight is 289 g/mol. The molecule has 0 fully saturated rings. The summed E-state index contributed by atoms with van der Waals surface area (Å²) >= 11 is 0. The van der Waals surface area contributed by atoms with Crippen molar-refractivity contribution in [3.05, 3.63) is 29.6 Å². The van der Waals surface area contributed by atoms with Crippen molar-refractivity contribution >= 4 is 11.5 Å². The fraction of sp³-hybridized carbons (Fsp3) is 0.500. The smallest absolute Gasteiger partial charge is 0.165 e. The number of allylic oxidation sites excluding steroid dienone is 1. The van der Waals surface area contributed by atoms with Crippen LogP contribution in [-0.4, -0.2) is 34.2 Å². The van der Waals surface area contributed by atoms with Gasteiger partial charge in [0.1, 0.15) is 22.8 Å². The fourth-order valence-corrected chi connectivity index (χ4v) is 2.43. The van der Waals surface area contributed by atoms with Crippen molar-refractivity contribution in [2.75, 3.05) is 6.61 Å². The summed E-state index contributed by atoms with van der Waals surface area (Å²) in [5.74, 6) is 1.09. The van der Waals surface area contributed by atoms with Gasteiger partial charge in [-0.25, -0.2) is 4.98 Å². The SMILES string of the molecule is C[C@@H]1COC(c2cc3c(cn2)OC(C)(C)[C@H](O)C3)=CC1=O. The second-order valence-electron chi connectivity index (χ2n) is 6.23. The van der Waals surface area contributed by atoms with E-state index in [9.17, 15) is 9.90 Å². The highest BCUT2D eigenvalue weighted by molar-refractivity contribution is 5.98. The van der Waals surface area contributed by atoms with Crippen LogP contribution in [-0.2, 0) is 16.0 Å². The maximum absolute atomic E-state index is 11.8. The van der Waals surface area contributed by atoms with Crippen molar-refractivity contribution < 1.29 is 19.4 Å². The summed E-state index contributed by atoms with van der Waals surface area (Å²) in [6, 6.07) is 1.82. The third-order valence-electron chi connectivity index (χ3n) is 4.04. The van der Waals surface area contributed by atoms with E-state index >= 15 is 0 Å². The minimum Gasteiger partial charge on any atom is -0.490 e. The molecule has 2 atom stereocenters. The molecule has 0 amide bonds. The lowest BCUT2D eigenvalue weighted by molar-refractivity contribution is -0.119. The largest absolute Gasteiger partial charge is 0.490 e. The molecule has 1 N–H and O–H groups in total. The van der Waals surface area contributed by atoms with Crippen molar-refractivity contribution in [1.29, 1.82) is 0 Å². The van der Waals surface area contributed by atoms with E-state index in [4.69, 9.17) is 9.47 Å². The minimum absolute atomic E-state index is 0.0492. The van der Waals surface area contributed by atoms with Gasteiger partial charge in [0.25, 0.3) is 0 Å². The summed E-state index contributed by atoms with van der Waals surface area (Å²) < 4.78 is 11.4. The molecule has 112 valence electrons. The van der Waals surface area contributed by atoms with Gasteiger partial charge in [0.15, 0.2) is 5.78 Å². The molecule has 0 bridgehead atoms. The molecule has 1 aromatic heterocycles. The van der Waals surface area contributed by atoms with Crippen LogP contribution >= 0.6 is 0 Å². The van der Waals surface area contributed by atoms with Gasteiger partial charge >= 0.3 is 0 Å². The summed E-state index contributed by atoms with van der Waals surface area (Å²) in [7, 11) is 0. The molecule has 3 rings (SSSR count). The van der Waals surface area contributed by atoms with Crippen molar-refractivity contribution in [2.24, 2.45) is 5.92 Å². The van der Waals surface area contributed by atoms with Gasteiger partial charge in [-0.05, 0) is 19.9 Å². The third-order valence-corrected chi connectivity index (χ3v) is 4.04. The number of aromatic nitrogens is 1. The number of fused-ring (bicyclic) bond motifs is 1. The van der Waals surface area contributed by atoms with Gasteiger partial charge in [0.05, 0.1) is 24.8 Å². The van der Waals surface area contributed by atoms with Gasteiger partial charge in [-0.15, -0.1) is 0 Å². The first kappa shape index (κ1) is 14.1. The highest BCUT2D eigenvalue weighted by atomic mass is 16.5. The predicted octanol–water partition coefficient (Wildman–Crippen LogP) is 1.73. The van der Waals surface area contributed by atoms with Crippen molar-refractivity contribution in [1.82, 2.24) is 4.98 Å². The summed E-state index contributed by atoms with van der Waals surface area (Å²) in [5.41, 5.74) is 0.856. The van der Waals surface area contributed by atoms with E-state index in [0.29, 0.717) is 30.2 Å². The summed E-state index contributed by atoms with van der Waals surface area (Å²) in [6.07, 6.45) is 3.04. The number of ketones is 1. The standard InChI is InChI=1S/C16H19NO4/c1-9-8-20-13(6-12(9)18)11-4-10-5-15(19)16(2,3)21-14(10)7-17-11/h4,6-7,9,15,19H,5,8H2,1-3H3/t9-,15-/m1/s1. The second-order valence-corrected chi connectivity index (χ2v) is 6.23. The van der Waals surface area contributed by atoms with Gasteiger partial charge in [0.2, 0.25) is 0 Å². The Labute approximate surface area is 123 Å². The van der Waals surface area contributed by atoms with E-state index in [2.05, 4.69) is 4.98 Å². The Morgan fingerprint density at radius 2 is 2.19 bits per heavy atom. The quantitative estimate of drug-likeness (QED) is 0.852. The van der Waals surface area contributed by atoms with Crippen LogP contribution in [0.1, 0.15) is 32.0 Å². The number of carbonyl (C=O) groups excluding carboxylic acids is 1. The van der Waals surface area contributed by atoms with Gasteiger partial charge in [-0.1, -0.05) is 6.92 Å². The third kappa shape index (κ3) is 2.53. The average Bonchev–Trinajstić information content (AvgIpc) is 2.42. The number of aliphatic hydroxyl groups is 1. The van der Waals surface area contributed by atoms with E-state index in [1.165, 1.54) is 6.08 Å². The zero-order valence-electron chi connectivity index (χ0n) is 12.4. The number of rotatable bonds is 1. The predicted molar refractivity (Wildman–Crippen MR) is 76.8 cm³/mol. The van der Waals surface area contributed by atoms with E-state index < -0.39 is 11.7 Å². The van der Waals surface area contributed by atoms with E-state index in [1.54, 1.807) is 6.20 Å². The number of hydrogen-bond acceptors (Lipinski definition) is 5. The first-order chi connectivity index (χ1) is 9.87. The van der Waals surface area contributed by atoms with Gasteiger partial charge in [-0.3, -0.25) is 4.79 Å². The molecule has 1 aromatic rings. The Kier molecular flexibility index (Phi) is 3.24. The Hall–Kier alpha value is -1.88. The van der Waals surface area contributed by atoms with E-state index in [0.717, 1.165) is 5.56 Å². The number of ether oxygens (including phenoxy) is 2. The van der Waals surface area contributed by atoms with Gasteiger partial charge < -0.3 is 14.6 Å². The van der Waals surface area contributed by atoms with E-state index in [1.807, 2.05) is 26.8 Å². The minimum atomic E-state index is -0.623. The Bertz CT molecular complexity index is 621. The molecule has 0 aliphatic carbocycles. The Morgan fingerprint density at radius 1 is 1.43 bits per heavy atom. The second kappa shape index (κ2) is 4.84. The number of hydrogen-bond donors (Lipinski definition) is 1. The first-order valence-electron chi connectivity index (χ1n) is 7.11. The van der Waals surface area contributed by atoms with Crippen LogP contribution in [0.5, 0.6) is 5.75 Å². The topological polar surface area (TPSA) is 68.7 Å². The van der Waals surface area contributed by atoms with Crippen LogP contribution in [0, 0.1) is 5.92 Å². The molecule has 0 unspecified atom stereocenters. The number of nitrogens with zero attached hydrogens (tertiary/aromatic N) is 1. The maximum Gasteiger partial charge on any atom is 0.165 e. The Morgan fingerprint density at radius 3 is 2.90 bits per heavy atom. The van der Waals surface area contributed by atoms with Crippen LogP contribution in [0.15, 0.2) is 18.3 Å². The van der Waals surface area contributed by atoms with Crippen LogP contribution in [0.4, 0.5) is 0 Å². The number of aliphatic hydroxyl groups excluding tert-OH is 1. The maximum atomic E-state index is 11.8. The fourth-order valence-electron chi connectivity index (χ4n) is 2.43. The van der Waals surface area contributed by atoms with E-state index in [-0.39, 0.29) is 11.7 Å². The molecule has 3 heterocycles. The number of pyridine rings is 1. The highest BCUT2D eigenvalue weighted by Gasteiger charge is 2.36. The molecule has 0 saturated heterocycles. The molecule has 0 radical (unpaired) electrons. The molecule has 0 spiro atoms. The molecular formula is C16H19NO4. The summed E-state index contributed by atoms with van der Waals surface area (Å²) in [5, 5.41) is 10.1. The van der Waals surface area contributed by atoms with Crippen LogP contribution in [0.2, 0.25) is 0 Å². The number of carbonyl (C=O) groups is 1. The summed E-state index contributed by atoms with van der Waals surface area (Å²) in [6.45, 7) is 5.90. The van der Waals surface area contributed by atoms with Crippen molar-refractivity contribution in [2.45, 2.75) is 38.9 Å². The first-order valence-corrected chi connectivity index (χ1v) is 7.11. The monoisotopic (exact) mass is 289 g/mol. The molecule has 5 heteroatoms. The molecule has 0 saturated carbocycles. The normalized spacial score (nSPS) is 27.2. The van der Waals surface area contributed by atoms with Crippen LogP contribution in [0.25, 0.3) is 5.76 Å². The molecule has 0 aromatic carbocycles. The lowest BCUT2D eigenvalue weighted by Crippen LogP contribution is -2.46. The van der Waals surface area contributed by atoms with Gasteiger partial charge in [-0.2, -0.15) is 0 Å². The molecule has 21 heavy (non-hydrogen) atoms. The zero-order valence-corrected chi connectivity index (χ0v) is 12.4. The molecule has 2 aliphatic heterocycles. The van der Waals surface area contributed by atoms with Crippen LogP contribution in [0.3, 0.4) is 0 Å². The van der Waals surface area contributed by atoms with Crippen LogP contribution < -0.4 is 4.74 Å². The lowest BCUT2D eigenvalue weighted by Gasteiger charge is -2.36. The van der Waals surface area contributed by atoms with Gasteiger partial charge in [0, 0.05) is 18.1 Å². The molecular weight excluding hydrogens is 270 g/mol. The highest BCUT2D eigenvalue weighted by Crippen LogP contribution is 2.34. The zero-order chi connectivity index (χ0) is 15.2. The molecule has 2 aliphatic rings. The molecule has 5 nitrogen and oxygen atoms in total. The Balaban J connectivity index is 1.93. The lowest BCUT2D eigenvalue weighted by atomic mass is 9.91. The van der Waals surface area contributed by atoms with Crippen molar-refractivity contribution in [3.8, 4) is 5.75 Å². The van der Waals surface area contributed by atoms with Crippen molar-refractivity contribution in [3.63, 3.8) is 0 Å².